The van der Waals surface area contributed by atoms with Gasteiger partial charge in [0.1, 0.15) is 39.2 Å². The first kappa shape index (κ1) is 33.5. The summed E-state index contributed by atoms with van der Waals surface area (Å²) < 4.78 is 7.77. The molecule has 254 valence electrons. The number of hydrogen-bond acceptors (Lipinski definition) is 14. The largest absolute Gasteiger partial charge is 0.478 e. The van der Waals surface area contributed by atoms with Crippen molar-refractivity contribution in [1.29, 1.82) is 5.41 Å². The maximum atomic E-state index is 13.4. The van der Waals surface area contributed by atoms with E-state index in [1.165, 1.54) is 36.9 Å². The molecule has 2 amide bonds. The number of carboxylic acid groups (broad SMARTS) is 2. The summed E-state index contributed by atoms with van der Waals surface area (Å²) >= 11 is 3.45. The van der Waals surface area contributed by atoms with Crippen molar-refractivity contribution in [3.8, 4) is 0 Å². The molecule has 0 saturated carbocycles. The molecule has 0 bridgehead atoms. The van der Waals surface area contributed by atoms with Crippen LogP contribution in [0, 0.1) is 5.41 Å². The van der Waals surface area contributed by atoms with E-state index in [0.717, 1.165) is 32.3 Å². The Morgan fingerprint density at radius 3 is 2.69 bits per heavy atom. The molecular weight excluding hydrogens is 699 g/mol. The van der Waals surface area contributed by atoms with Crippen molar-refractivity contribution < 1.29 is 38.8 Å². The van der Waals surface area contributed by atoms with E-state index in [1.807, 2.05) is 39.9 Å². The van der Waals surface area contributed by atoms with Gasteiger partial charge in [0, 0.05) is 45.9 Å². The lowest BCUT2D eigenvalue weighted by molar-refractivity contribution is -0.687. The number of fused-ring (bicyclic) bond motifs is 2. The molecule has 0 spiro atoms. The predicted molar refractivity (Wildman–Crippen MR) is 178 cm³/mol. The number of nitrogens with zero attached hydrogens (tertiary/aromatic N) is 7. The smallest absolute Gasteiger partial charge is 0.352 e. The molecule has 0 aliphatic carbocycles. The molecule has 6 rings (SSSR count). The van der Waals surface area contributed by atoms with Gasteiger partial charge in [0.05, 0.1) is 6.54 Å². The molecule has 0 radical (unpaired) electrons. The number of oxime groups is 1. The van der Waals surface area contributed by atoms with Gasteiger partial charge in [0.25, 0.3) is 11.8 Å². The number of aromatic nitrogens is 5. The Morgan fingerprint density at radius 2 is 2.04 bits per heavy atom. The number of nitrogens with two attached hydrogens (primary N) is 2. The number of aliphatic carboxylic acids is 2. The molecule has 0 aromatic carbocycles. The summed E-state index contributed by atoms with van der Waals surface area (Å²) in [7, 11) is 0. The first-order valence-corrected chi connectivity index (χ1v) is 17.0. The van der Waals surface area contributed by atoms with Crippen molar-refractivity contribution in [1.82, 2.24) is 29.1 Å². The molecule has 1 saturated heterocycles. The second kappa shape index (κ2) is 12.9. The van der Waals surface area contributed by atoms with Crippen molar-refractivity contribution in [3.63, 3.8) is 0 Å². The van der Waals surface area contributed by atoms with Gasteiger partial charge in [-0.25, -0.2) is 14.6 Å². The van der Waals surface area contributed by atoms with Gasteiger partial charge in [0.2, 0.25) is 17.1 Å². The number of amides is 2. The van der Waals surface area contributed by atoms with Crippen LogP contribution in [-0.2, 0) is 37.1 Å². The molecule has 49 heavy (non-hydrogen) atoms. The molecule has 6 heterocycles. The van der Waals surface area contributed by atoms with Crippen molar-refractivity contribution in [2.45, 2.75) is 44.0 Å². The highest BCUT2D eigenvalue weighted by atomic mass is 32.2. The van der Waals surface area contributed by atoms with Gasteiger partial charge >= 0.3 is 11.9 Å². The molecule has 2 aliphatic heterocycles. The number of thioether (sulfide) groups is 1. The fraction of sp³-hybridized carbons (Fsp3) is 0.286. The minimum atomic E-state index is -1.81. The number of anilines is 1. The summed E-state index contributed by atoms with van der Waals surface area (Å²) in [6, 6.07) is 2.73. The van der Waals surface area contributed by atoms with E-state index < -0.39 is 46.5 Å². The lowest BCUT2D eigenvalue weighted by Gasteiger charge is -2.49. The number of hydrogen-bond donors (Lipinski definition) is 6. The number of nitrogen functional groups attached to an aromatic ring is 2. The van der Waals surface area contributed by atoms with E-state index in [-0.39, 0.29) is 34.8 Å². The second-order valence-corrected chi connectivity index (χ2v) is 14.2. The van der Waals surface area contributed by atoms with Crippen LogP contribution in [-0.4, -0.2) is 92.1 Å². The van der Waals surface area contributed by atoms with Gasteiger partial charge in [-0.1, -0.05) is 5.16 Å². The zero-order valence-corrected chi connectivity index (χ0v) is 28.1. The Bertz CT molecular complexity index is 2100. The van der Waals surface area contributed by atoms with Gasteiger partial charge in [-0.15, -0.1) is 23.1 Å². The van der Waals surface area contributed by atoms with Gasteiger partial charge in [-0.2, -0.15) is 13.9 Å². The zero-order chi connectivity index (χ0) is 35.2. The molecule has 4 aromatic heterocycles. The number of β-lactam (4-membered cyclic amide) rings is 1. The average molecular weight is 727 g/mol. The number of carbonyl (C=O) groups excluding carboxylic acids is 2. The van der Waals surface area contributed by atoms with Crippen LogP contribution in [0.25, 0.3) is 10.9 Å². The quantitative estimate of drug-likeness (QED) is 0.0374. The van der Waals surface area contributed by atoms with Gasteiger partial charge in [0.15, 0.2) is 24.1 Å². The van der Waals surface area contributed by atoms with E-state index >= 15 is 0 Å². The van der Waals surface area contributed by atoms with Crippen LogP contribution < -0.4 is 21.4 Å². The normalized spacial score (nSPS) is 17.9. The SMILES string of the molecule is CC(C)(O/N=C(\C(=O)N[C@@H]1C(=O)N2C(C(=O)O)=C(C[n+]3ccc4ccn(Cc5nc(C(=N)N)cs5)c4c3)CS[C@H]12)c1nsc(N)n1)C(=O)O. The molecule has 18 nitrogen and oxygen atoms in total. The van der Waals surface area contributed by atoms with Crippen LogP contribution in [0.15, 0.2) is 52.5 Å². The molecule has 2 aliphatic rings. The standard InChI is InChI=1S/C28H27N11O7S3/c1-28(2,26(44)45)46-35-17(21-34-27(31)49-36-21)22(40)33-18-23(41)39-19(25(42)43)13(10-48-24(18)39)7-37-5-3-12-4-6-38(15(12)8-37)9-16-32-14(11-47-16)20(29)30/h3-6,8,11,18,24H,7,9-10H2,1-2H3,(H7-,29,30,31,33,34,36,40,42,43,44,45)/p+1/b35-17-/t18-,24-/m1/s1. The highest BCUT2D eigenvalue weighted by Crippen LogP contribution is 2.40. The fourth-order valence-electron chi connectivity index (χ4n) is 5.01. The summed E-state index contributed by atoms with van der Waals surface area (Å²) in [5.41, 5.74) is 10.5. The van der Waals surface area contributed by atoms with Crippen molar-refractivity contribution >= 4 is 86.0 Å². The third-order valence-electron chi connectivity index (χ3n) is 7.56. The van der Waals surface area contributed by atoms with Gasteiger partial charge < -0.3 is 36.4 Å². The third kappa shape index (κ3) is 6.54. The molecule has 1 fully saturated rings. The lowest BCUT2D eigenvalue weighted by Crippen LogP contribution is -2.71. The molecule has 0 unspecified atom stereocenters. The lowest BCUT2D eigenvalue weighted by atomic mass is 10.0. The topological polar surface area (TPSA) is 269 Å². The minimum Gasteiger partial charge on any atom is -0.478 e. The van der Waals surface area contributed by atoms with E-state index in [0.29, 0.717) is 17.8 Å². The van der Waals surface area contributed by atoms with Crippen LogP contribution in [0.3, 0.4) is 0 Å². The number of nitrogens with one attached hydrogen (secondary N) is 2. The maximum absolute atomic E-state index is 13.4. The van der Waals surface area contributed by atoms with Gasteiger partial charge in [-0.05, 0) is 19.9 Å². The Hall–Kier alpha value is -5.41. The van der Waals surface area contributed by atoms with Gasteiger partial charge in [-0.3, -0.25) is 19.9 Å². The Morgan fingerprint density at radius 1 is 1.27 bits per heavy atom. The predicted octanol–water partition coefficient (Wildman–Crippen LogP) is 0.174. The average Bonchev–Trinajstić information content (AvgIpc) is 3.80. The molecule has 2 atom stereocenters. The van der Waals surface area contributed by atoms with Crippen molar-refractivity contribution in [2.75, 3.05) is 11.5 Å². The third-order valence-corrected chi connectivity index (χ3v) is 10.3. The molecular formula is C28H28N11O7S3+. The second-order valence-electron chi connectivity index (χ2n) is 11.4. The van der Waals surface area contributed by atoms with Crippen molar-refractivity contribution in [2.24, 2.45) is 10.9 Å². The maximum Gasteiger partial charge on any atom is 0.352 e. The number of carbonyl (C=O) groups is 4. The Labute approximate surface area is 288 Å². The zero-order valence-electron chi connectivity index (χ0n) is 25.7. The Balaban J connectivity index is 1.21. The highest BCUT2D eigenvalue weighted by molar-refractivity contribution is 8.00. The number of carboxylic acids is 2. The van der Waals surface area contributed by atoms with Crippen LogP contribution >= 0.6 is 34.6 Å². The first-order valence-electron chi connectivity index (χ1n) is 14.3. The highest BCUT2D eigenvalue weighted by Gasteiger charge is 2.55. The monoisotopic (exact) mass is 726 g/mol. The number of thiazole rings is 1. The van der Waals surface area contributed by atoms with Crippen LogP contribution in [0.1, 0.15) is 30.4 Å². The number of rotatable bonds is 12. The van der Waals surface area contributed by atoms with E-state index in [2.05, 4.69) is 24.8 Å². The molecule has 4 aromatic rings. The summed E-state index contributed by atoms with van der Waals surface area (Å²) in [5, 5.41) is 36.1. The minimum absolute atomic E-state index is 0.0125. The van der Waals surface area contributed by atoms with E-state index in [1.54, 1.807) is 5.38 Å². The number of pyridine rings is 1. The number of amidine groups is 1. The fourth-order valence-corrected chi connectivity index (χ4v) is 7.57. The van der Waals surface area contributed by atoms with Crippen LogP contribution in [0.2, 0.25) is 0 Å². The molecule has 8 N–H and O–H groups in total. The summed E-state index contributed by atoms with van der Waals surface area (Å²) in [4.78, 5) is 65.3. The first-order chi connectivity index (χ1) is 23.2. The summed E-state index contributed by atoms with van der Waals surface area (Å²) in [6.07, 6.45) is 5.61. The summed E-state index contributed by atoms with van der Waals surface area (Å²) in [5.74, 6) is -4.31. The Kier molecular flexibility index (Phi) is 8.81. The van der Waals surface area contributed by atoms with Crippen molar-refractivity contribution in [3.05, 3.63) is 63.9 Å². The van der Waals surface area contributed by atoms with E-state index in [9.17, 15) is 29.4 Å². The van der Waals surface area contributed by atoms with Crippen LogP contribution in [0.5, 0.6) is 0 Å². The van der Waals surface area contributed by atoms with E-state index in [4.69, 9.17) is 21.7 Å². The van der Waals surface area contributed by atoms with Crippen LogP contribution in [0.4, 0.5) is 5.13 Å². The summed E-state index contributed by atoms with van der Waals surface area (Å²) in [6.45, 7) is 3.08. The molecule has 21 heteroatoms.